The molecule has 2 aromatic rings. The Kier molecular flexibility index (Phi) is 5.21. The van der Waals surface area contributed by atoms with Crippen molar-refractivity contribution in [2.24, 2.45) is 0 Å². The van der Waals surface area contributed by atoms with E-state index < -0.39 is 26.1 Å². The number of allylic oxidation sites excluding steroid dienone is 2. The average Bonchev–Trinajstić information content (AvgIpc) is 2.89. The van der Waals surface area contributed by atoms with E-state index in [0.717, 1.165) is 16.8 Å². The largest absolute Gasteiger partial charge is 0.361 e. The lowest BCUT2D eigenvalue weighted by atomic mass is 9.98. The van der Waals surface area contributed by atoms with Gasteiger partial charge in [-0.15, -0.1) is 10.2 Å². The van der Waals surface area contributed by atoms with Crippen LogP contribution in [0.2, 0.25) is 5.15 Å². The van der Waals surface area contributed by atoms with Crippen LogP contribution in [0.4, 0.5) is 0 Å². The zero-order chi connectivity index (χ0) is 20.7. The second-order valence-electron chi connectivity index (χ2n) is 6.02. The van der Waals surface area contributed by atoms with Crippen LogP contribution in [0, 0.1) is 6.92 Å². The van der Waals surface area contributed by atoms with Crippen LogP contribution >= 0.6 is 11.6 Å². The molecule has 0 N–H and O–H groups in total. The number of aromatic nitrogens is 4. The Morgan fingerprint density at radius 3 is 2.21 bits per heavy atom. The van der Waals surface area contributed by atoms with E-state index in [-0.39, 0.29) is 16.9 Å². The fourth-order valence-electron chi connectivity index (χ4n) is 2.59. The first-order valence-electron chi connectivity index (χ1n) is 7.79. The summed E-state index contributed by atoms with van der Waals surface area (Å²) in [5.74, 6) is -0.327. The Morgan fingerprint density at radius 2 is 1.71 bits per heavy atom. The summed E-state index contributed by atoms with van der Waals surface area (Å²) in [5, 5.41) is 12.1. The van der Waals surface area contributed by atoms with Crippen molar-refractivity contribution >= 4 is 31.7 Å². The van der Waals surface area contributed by atoms with E-state index in [1.165, 1.54) is 29.2 Å². The maximum atomic E-state index is 11.8. The molecule has 0 aliphatic carbocycles. The highest BCUT2D eigenvalue weighted by Crippen LogP contribution is 2.36. The molecule has 3 rings (SSSR count). The predicted octanol–water partition coefficient (Wildman–Crippen LogP) is 1.35. The van der Waals surface area contributed by atoms with E-state index in [4.69, 9.17) is 15.8 Å². The summed E-state index contributed by atoms with van der Waals surface area (Å²) in [6, 6.07) is 2.99. The Hall–Kier alpha value is -2.44. The van der Waals surface area contributed by atoms with Gasteiger partial charge in [-0.05, 0) is 19.1 Å². The summed E-state index contributed by atoms with van der Waals surface area (Å²) in [6.45, 7) is 1.68. The summed E-state index contributed by atoms with van der Waals surface area (Å²) in [5.41, 5.74) is 0.922. The molecule has 0 fully saturated rings. The van der Waals surface area contributed by atoms with E-state index in [1.54, 1.807) is 19.1 Å². The highest BCUT2D eigenvalue weighted by molar-refractivity contribution is 7.88. The van der Waals surface area contributed by atoms with E-state index in [2.05, 4.69) is 15.3 Å². The lowest BCUT2D eigenvalue weighted by Crippen LogP contribution is -2.21. The first-order valence-corrected chi connectivity index (χ1v) is 11.8. The molecule has 1 aliphatic rings. The van der Waals surface area contributed by atoms with Crippen LogP contribution in [0.1, 0.15) is 17.2 Å². The maximum Gasteiger partial charge on any atom is 0.307 e. The number of halogens is 1. The van der Waals surface area contributed by atoms with Gasteiger partial charge in [0.1, 0.15) is 0 Å². The first-order chi connectivity index (χ1) is 13.0. The molecule has 0 saturated heterocycles. The summed E-state index contributed by atoms with van der Waals surface area (Å²) < 4.78 is 54.4. The molecule has 28 heavy (non-hydrogen) atoms. The molecule has 10 nitrogen and oxygen atoms in total. The van der Waals surface area contributed by atoms with Crippen LogP contribution < -0.4 is 4.18 Å². The third-order valence-corrected chi connectivity index (χ3v) is 5.40. The van der Waals surface area contributed by atoms with Crippen LogP contribution in [0.25, 0.3) is 5.82 Å². The molecule has 1 aliphatic heterocycles. The fourth-order valence-corrected chi connectivity index (χ4v) is 3.72. The highest BCUT2D eigenvalue weighted by Gasteiger charge is 2.28. The van der Waals surface area contributed by atoms with Gasteiger partial charge < -0.3 is 4.18 Å². The number of hydrogen-bond acceptors (Lipinski definition) is 8. The van der Waals surface area contributed by atoms with Crippen molar-refractivity contribution in [3.05, 3.63) is 53.1 Å². The molecule has 3 heterocycles. The van der Waals surface area contributed by atoms with Gasteiger partial charge in [0.2, 0.25) is 15.9 Å². The van der Waals surface area contributed by atoms with Gasteiger partial charge in [0.15, 0.2) is 11.0 Å². The van der Waals surface area contributed by atoms with Crippen molar-refractivity contribution in [3.63, 3.8) is 0 Å². The molecule has 0 atom stereocenters. The third-order valence-electron chi connectivity index (χ3n) is 3.72. The van der Waals surface area contributed by atoms with Crippen molar-refractivity contribution in [1.29, 1.82) is 0 Å². The summed E-state index contributed by atoms with van der Waals surface area (Å²) in [6.07, 6.45) is 7.93. The molecule has 13 heteroatoms. The molecule has 0 amide bonds. The van der Waals surface area contributed by atoms with Gasteiger partial charge in [0.05, 0.1) is 18.2 Å². The van der Waals surface area contributed by atoms with E-state index in [0.29, 0.717) is 11.3 Å². The van der Waals surface area contributed by atoms with Gasteiger partial charge in [0.25, 0.3) is 0 Å². The number of rotatable bonds is 5. The van der Waals surface area contributed by atoms with Gasteiger partial charge >= 0.3 is 10.1 Å². The second kappa shape index (κ2) is 7.18. The lowest BCUT2D eigenvalue weighted by Gasteiger charge is -2.20. The standard InChI is InChI=1S/C15H16ClN5O5S2/c1-10-14(11-6-8-20(9-7-11)27(2,22)23)15(26-28(3,24)25)21(19-10)13-5-4-12(16)17-18-13/h4-9,11H,1-3H3. The quantitative estimate of drug-likeness (QED) is 0.631. The molecule has 150 valence electrons. The van der Waals surface area contributed by atoms with Crippen LogP contribution in [0.5, 0.6) is 5.88 Å². The molecule has 0 aromatic carbocycles. The molecular weight excluding hydrogens is 430 g/mol. The van der Waals surface area contributed by atoms with Crippen molar-refractivity contribution < 1.29 is 21.0 Å². The van der Waals surface area contributed by atoms with Crippen molar-refractivity contribution in [3.8, 4) is 11.7 Å². The molecule has 0 unspecified atom stereocenters. The van der Waals surface area contributed by atoms with Gasteiger partial charge in [-0.3, -0.25) is 4.31 Å². The minimum Gasteiger partial charge on any atom is -0.361 e. The zero-order valence-corrected chi connectivity index (χ0v) is 17.4. The van der Waals surface area contributed by atoms with Crippen molar-refractivity contribution in [1.82, 2.24) is 24.3 Å². The SMILES string of the molecule is Cc1nn(-c2ccc(Cl)nn2)c(OS(C)(=O)=O)c1C1C=CN(S(C)(=O)=O)C=C1. The van der Waals surface area contributed by atoms with E-state index in [9.17, 15) is 16.8 Å². The Morgan fingerprint density at radius 1 is 1.07 bits per heavy atom. The predicted molar refractivity (Wildman–Crippen MR) is 102 cm³/mol. The number of hydrogen-bond donors (Lipinski definition) is 0. The van der Waals surface area contributed by atoms with Crippen LogP contribution in [0.3, 0.4) is 0 Å². The first kappa shape index (κ1) is 20.3. The summed E-state index contributed by atoms with van der Waals surface area (Å²) >= 11 is 5.75. The van der Waals surface area contributed by atoms with Gasteiger partial charge in [-0.25, -0.2) is 8.42 Å². The topological polar surface area (TPSA) is 124 Å². The summed E-state index contributed by atoms with van der Waals surface area (Å²) in [7, 11) is -7.33. The maximum absolute atomic E-state index is 11.8. The molecule has 0 radical (unpaired) electrons. The summed E-state index contributed by atoms with van der Waals surface area (Å²) in [4.78, 5) is 0. The molecule has 2 aromatic heterocycles. The number of nitrogens with zero attached hydrogens (tertiary/aromatic N) is 5. The molecular formula is C15H16ClN5O5S2. The average molecular weight is 446 g/mol. The van der Waals surface area contributed by atoms with Crippen molar-refractivity contribution in [2.75, 3.05) is 12.5 Å². The molecule has 0 bridgehead atoms. The number of aryl methyl sites for hydroxylation is 1. The zero-order valence-electron chi connectivity index (χ0n) is 15.0. The van der Waals surface area contributed by atoms with Crippen LogP contribution in [-0.4, -0.2) is 53.6 Å². The molecule has 0 saturated carbocycles. The minimum atomic E-state index is -3.89. The van der Waals surface area contributed by atoms with Crippen LogP contribution in [0.15, 0.2) is 36.7 Å². The fraction of sp³-hybridized carbons (Fsp3) is 0.267. The van der Waals surface area contributed by atoms with Gasteiger partial charge in [-0.2, -0.15) is 18.2 Å². The lowest BCUT2D eigenvalue weighted by molar-refractivity contribution is 0.466. The molecule has 0 spiro atoms. The van der Waals surface area contributed by atoms with Gasteiger partial charge in [0, 0.05) is 23.9 Å². The van der Waals surface area contributed by atoms with Crippen LogP contribution in [-0.2, 0) is 20.1 Å². The van der Waals surface area contributed by atoms with E-state index in [1.807, 2.05) is 0 Å². The third kappa shape index (κ3) is 4.34. The minimum absolute atomic E-state index is 0.0660. The normalized spacial score (nSPS) is 15.2. The number of sulfonamides is 1. The smallest absolute Gasteiger partial charge is 0.307 e. The van der Waals surface area contributed by atoms with Gasteiger partial charge in [-0.1, -0.05) is 23.8 Å². The monoisotopic (exact) mass is 445 g/mol. The Labute approximate surface area is 167 Å². The Balaban J connectivity index is 2.11. The van der Waals surface area contributed by atoms with Crippen molar-refractivity contribution in [2.45, 2.75) is 12.8 Å². The highest BCUT2D eigenvalue weighted by atomic mass is 35.5. The second-order valence-corrected chi connectivity index (χ2v) is 9.87. The van der Waals surface area contributed by atoms with E-state index >= 15 is 0 Å². The Bertz CT molecular complexity index is 1160.